The third-order valence-electron chi connectivity index (χ3n) is 7.59. The zero-order valence-electron chi connectivity index (χ0n) is 21.0. The normalized spacial score (nSPS) is 22.9. The Morgan fingerprint density at radius 1 is 1.03 bits per heavy atom. The first kappa shape index (κ1) is 25.4. The fraction of sp³-hybridized carbons (Fsp3) is 0.393. The van der Waals surface area contributed by atoms with Crippen molar-refractivity contribution in [1.82, 2.24) is 14.9 Å². The third-order valence-corrected chi connectivity index (χ3v) is 7.59. The Kier molecular flexibility index (Phi) is 6.53. The number of alkyl halides is 3. The smallest absolute Gasteiger partial charge is 0.408 e. The fourth-order valence-corrected chi connectivity index (χ4v) is 5.57. The molecule has 0 radical (unpaired) electrons. The van der Waals surface area contributed by atoms with E-state index in [0.717, 1.165) is 58.0 Å². The van der Waals surface area contributed by atoms with Crippen LogP contribution in [0.1, 0.15) is 46.3 Å². The van der Waals surface area contributed by atoms with Gasteiger partial charge in [0, 0.05) is 6.20 Å². The number of hydrazine groups is 1. The van der Waals surface area contributed by atoms with Crippen LogP contribution in [0.5, 0.6) is 0 Å². The number of carbonyl (C=O) groups is 1. The Balaban J connectivity index is 1.76. The van der Waals surface area contributed by atoms with E-state index in [0.29, 0.717) is 0 Å². The second-order valence-electron chi connectivity index (χ2n) is 9.80. The first-order valence-corrected chi connectivity index (χ1v) is 12.4. The zero-order chi connectivity index (χ0) is 26.5. The zero-order valence-corrected chi connectivity index (χ0v) is 21.0. The number of ether oxygens (including phenoxy) is 1. The number of benzene rings is 2. The molecule has 2 aliphatic heterocycles. The molecule has 1 saturated heterocycles. The van der Waals surface area contributed by atoms with Crippen molar-refractivity contribution in [1.29, 1.82) is 0 Å². The van der Waals surface area contributed by atoms with Gasteiger partial charge >= 0.3 is 6.18 Å². The van der Waals surface area contributed by atoms with Gasteiger partial charge in [0.2, 0.25) is 0 Å². The first-order valence-electron chi connectivity index (χ1n) is 12.4. The molecule has 9 heteroatoms. The van der Waals surface area contributed by atoms with Crippen molar-refractivity contribution in [2.75, 3.05) is 19.9 Å². The van der Waals surface area contributed by atoms with Crippen molar-refractivity contribution >= 4 is 5.91 Å². The number of nitrogens with zero attached hydrogens (tertiary/aromatic N) is 3. The second-order valence-corrected chi connectivity index (χ2v) is 9.80. The van der Waals surface area contributed by atoms with Crippen LogP contribution in [0.15, 0.2) is 60.1 Å². The minimum Gasteiger partial charge on any atom is -0.507 e. The van der Waals surface area contributed by atoms with E-state index >= 15 is 0 Å². The lowest BCUT2D eigenvalue weighted by molar-refractivity contribution is -0.203. The molecule has 3 aliphatic rings. The van der Waals surface area contributed by atoms with Crippen molar-refractivity contribution in [3.63, 3.8) is 0 Å². The van der Waals surface area contributed by atoms with E-state index in [1.165, 1.54) is 5.01 Å². The van der Waals surface area contributed by atoms with Crippen molar-refractivity contribution < 1.29 is 27.8 Å². The van der Waals surface area contributed by atoms with Crippen molar-refractivity contribution in [2.45, 2.75) is 51.9 Å². The highest BCUT2D eigenvalue weighted by Gasteiger charge is 2.49. The number of hydrogen-bond donors (Lipinski definition) is 1. The molecular weight excluding hydrogens is 483 g/mol. The Labute approximate surface area is 214 Å². The van der Waals surface area contributed by atoms with Gasteiger partial charge in [-0.1, -0.05) is 36.4 Å². The van der Waals surface area contributed by atoms with Crippen molar-refractivity contribution in [2.24, 2.45) is 0 Å². The van der Waals surface area contributed by atoms with E-state index in [4.69, 9.17) is 4.74 Å². The quantitative estimate of drug-likeness (QED) is 0.608. The number of hydrogen-bond acceptors (Lipinski definition) is 5. The topological polar surface area (TPSA) is 56.3 Å². The first-order chi connectivity index (χ1) is 17.6. The number of fused-ring (bicyclic) bond motifs is 3. The highest BCUT2D eigenvalue weighted by molar-refractivity contribution is 5.94. The molecule has 2 aromatic rings. The maximum absolute atomic E-state index is 13.9. The van der Waals surface area contributed by atoms with Crippen molar-refractivity contribution in [3.8, 4) is 0 Å². The molecule has 0 spiro atoms. The number of aliphatic hydroxyl groups is 1. The van der Waals surface area contributed by atoms with Gasteiger partial charge in [0.15, 0.2) is 5.70 Å². The van der Waals surface area contributed by atoms with Gasteiger partial charge in [-0.25, -0.2) is 0 Å². The van der Waals surface area contributed by atoms with Gasteiger partial charge in [0.05, 0.1) is 19.3 Å². The van der Waals surface area contributed by atoms with Crippen LogP contribution < -0.4 is 0 Å². The summed E-state index contributed by atoms with van der Waals surface area (Å²) in [5.41, 5.74) is 6.22. The SMILES string of the molecule is Cc1cccc2c1CCc1c(C)cccc1C2N1CN([C@H](C)C(F)(F)F)C(=O)/C2=C(\O)COC/C=C\N21. The number of halogens is 3. The molecule has 2 aromatic carbocycles. The molecule has 37 heavy (non-hydrogen) atoms. The third kappa shape index (κ3) is 4.40. The van der Waals surface area contributed by atoms with Crippen LogP contribution in [0.2, 0.25) is 0 Å². The fourth-order valence-electron chi connectivity index (χ4n) is 5.57. The molecule has 1 fully saturated rings. The summed E-state index contributed by atoms with van der Waals surface area (Å²) < 4.78 is 47.2. The predicted molar refractivity (Wildman–Crippen MR) is 132 cm³/mol. The number of rotatable bonds is 2. The largest absolute Gasteiger partial charge is 0.507 e. The maximum Gasteiger partial charge on any atom is 0.408 e. The second kappa shape index (κ2) is 9.54. The Bertz CT molecular complexity index is 1230. The molecule has 1 amide bonds. The van der Waals surface area contributed by atoms with Crippen LogP contribution in [-0.4, -0.2) is 58.0 Å². The Morgan fingerprint density at radius 3 is 2.19 bits per heavy atom. The van der Waals surface area contributed by atoms with E-state index in [2.05, 4.69) is 0 Å². The summed E-state index contributed by atoms with van der Waals surface area (Å²) >= 11 is 0. The summed E-state index contributed by atoms with van der Waals surface area (Å²) in [4.78, 5) is 14.3. The van der Waals surface area contributed by atoms with Gasteiger partial charge in [-0.05, 0) is 73.1 Å². The van der Waals surface area contributed by atoms with Crippen LogP contribution in [0, 0.1) is 13.8 Å². The monoisotopic (exact) mass is 513 g/mol. The molecule has 1 aliphatic carbocycles. The molecule has 0 bridgehead atoms. The van der Waals surface area contributed by atoms with Gasteiger partial charge in [-0.15, -0.1) is 0 Å². The van der Waals surface area contributed by atoms with Gasteiger partial charge in [0.25, 0.3) is 5.91 Å². The number of aryl methyl sites for hydroxylation is 2. The lowest BCUT2D eigenvalue weighted by atomic mass is 9.91. The maximum atomic E-state index is 13.9. The minimum atomic E-state index is -4.64. The average Bonchev–Trinajstić information content (AvgIpc) is 3.00. The lowest BCUT2D eigenvalue weighted by Crippen LogP contribution is -2.62. The predicted octanol–water partition coefficient (Wildman–Crippen LogP) is 5.07. The molecular formula is C28H30F3N3O3. The average molecular weight is 514 g/mol. The standard InChI is InChI=1S/C28H30F3N3O3/c1-17-7-4-9-22-20(17)11-12-21-18(2)8-5-10-23(21)25(22)34-16-32(19(3)28(29,30)31)27(36)26-24(35)15-37-14-6-13-33(26)34/h4-10,13,19,25,35H,11-12,14-16H2,1-3H3/b13-6-,26-24+/t19-/m1/s1. The van der Waals surface area contributed by atoms with Crippen LogP contribution in [-0.2, 0) is 22.4 Å². The lowest BCUT2D eigenvalue weighted by Gasteiger charge is -2.49. The van der Waals surface area contributed by atoms with E-state index < -0.39 is 29.9 Å². The summed E-state index contributed by atoms with van der Waals surface area (Å²) in [5, 5.41) is 14.1. The molecule has 0 aromatic heterocycles. The Morgan fingerprint density at radius 2 is 1.62 bits per heavy atom. The highest BCUT2D eigenvalue weighted by atomic mass is 19.4. The van der Waals surface area contributed by atoms with Crippen LogP contribution >= 0.6 is 0 Å². The summed E-state index contributed by atoms with van der Waals surface area (Å²) in [7, 11) is 0. The molecule has 6 nitrogen and oxygen atoms in total. The molecule has 0 saturated carbocycles. The Hall–Kier alpha value is -3.30. The molecule has 196 valence electrons. The molecule has 2 heterocycles. The highest BCUT2D eigenvalue weighted by Crippen LogP contribution is 2.43. The van der Waals surface area contributed by atoms with Gasteiger partial charge < -0.3 is 14.7 Å². The summed E-state index contributed by atoms with van der Waals surface area (Å²) in [6.07, 6.45) is 0.252. The summed E-state index contributed by atoms with van der Waals surface area (Å²) in [6, 6.07) is 9.48. The van der Waals surface area contributed by atoms with Gasteiger partial charge in [0.1, 0.15) is 18.4 Å². The van der Waals surface area contributed by atoms with Gasteiger partial charge in [-0.2, -0.15) is 18.2 Å². The minimum absolute atomic E-state index is 0.189. The molecule has 1 N–H and O–H groups in total. The van der Waals surface area contributed by atoms with Gasteiger partial charge in [-0.3, -0.25) is 9.80 Å². The van der Waals surface area contributed by atoms with E-state index in [-0.39, 0.29) is 25.6 Å². The number of carbonyl (C=O) groups excluding carboxylic acids is 1. The van der Waals surface area contributed by atoms with E-state index in [1.807, 2.05) is 50.2 Å². The molecule has 1 atom stereocenters. The molecule has 5 rings (SSSR count). The molecule has 0 unspecified atom stereocenters. The van der Waals surface area contributed by atoms with Crippen LogP contribution in [0.25, 0.3) is 0 Å². The van der Waals surface area contributed by atoms with Crippen molar-refractivity contribution in [3.05, 3.63) is 93.5 Å². The van der Waals surface area contributed by atoms with Crippen LogP contribution in [0.4, 0.5) is 13.2 Å². The number of aliphatic hydroxyl groups excluding tert-OH is 1. The summed E-state index contributed by atoms with van der Waals surface area (Å²) in [6.45, 7) is 4.66. The van der Waals surface area contributed by atoms with E-state index in [1.54, 1.807) is 17.3 Å². The van der Waals surface area contributed by atoms with E-state index in [9.17, 15) is 23.1 Å². The number of amides is 1. The summed E-state index contributed by atoms with van der Waals surface area (Å²) in [5.74, 6) is -1.29. The van der Waals surface area contributed by atoms with Crippen LogP contribution in [0.3, 0.4) is 0 Å².